The summed E-state index contributed by atoms with van der Waals surface area (Å²) in [5.41, 5.74) is 0. The van der Waals surface area contributed by atoms with Gasteiger partial charge in [-0.1, -0.05) is 0 Å². The topological polar surface area (TPSA) is 24.4 Å². The molecule has 1 heterocycles. The van der Waals surface area contributed by atoms with Gasteiger partial charge in [0.1, 0.15) is 5.82 Å². The monoisotopic (exact) mass is 154 g/mol. The van der Waals surface area contributed by atoms with Crippen molar-refractivity contribution in [2.45, 2.75) is 6.42 Å². The van der Waals surface area contributed by atoms with E-state index in [0.29, 0.717) is 5.92 Å². The summed E-state index contributed by atoms with van der Waals surface area (Å²) in [6, 6.07) is 0. The van der Waals surface area contributed by atoms with E-state index in [1.165, 1.54) is 6.42 Å². The zero-order valence-corrected chi connectivity index (χ0v) is 6.73. The Morgan fingerprint density at radius 2 is 2.60 bits per heavy atom. The number of aliphatic imine (C=N–C) groups is 1. The molecule has 0 saturated heterocycles. The van der Waals surface area contributed by atoms with E-state index in [-0.39, 0.29) is 0 Å². The molecule has 1 saturated carbocycles. The third kappa shape index (κ3) is 0.850. The number of hydrogen-bond acceptors (Lipinski definition) is 2. The molecule has 2 nitrogen and oxygen atoms in total. The largest absolute Gasteiger partial charge is 0.373 e. The Kier molecular flexibility index (Phi) is 1.27. The number of nitrogens with one attached hydrogen (secondary N) is 1. The average Bonchev–Trinajstić information content (AvgIpc) is 2.66. The molecule has 0 bridgehead atoms. The molecule has 1 fully saturated rings. The van der Waals surface area contributed by atoms with Gasteiger partial charge in [0, 0.05) is 13.0 Å². The minimum absolute atomic E-state index is 0.653. The van der Waals surface area contributed by atoms with Crippen molar-refractivity contribution in [1.29, 1.82) is 0 Å². The lowest BCUT2D eigenvalue weighted by atomic mass is 10.3. The molecule has 0 aromatic heterocycles. The van der Waals surface area contributed by atoms with Crippen molar-refractivity contribution in [1.82, 2.24) is 5.32 Å². The lowest BCUT2D eigenvalue weighted by molar-refractivity contribution is 0.889. The highest BCUT2D eigenvalue weighted by molar-refractivity contribution is 7.97. The number of fused-ring (bicyclic) bond motifs is 1. The standard InChI is InChI=1S/C7H10N2S/c1-8-6-3-4-2-5(4)7(10)9-6/h3-5,8H,2H2,1H3,(H,9,10)/t4?,5-/m1/s1. The van der Waals surface area contributed by atoms with E-state index in [1.54, 1.807) is 0 Å². The summed E-state index contributed by atoms with van der Waals surface area (Å²) in [5, 5.41) is 4.01. The normalized spacial score (nSPS) is 35.8. The van der Waals surface area contributed by atoms with Crippen molar-refractivity contribution in [3.63, 3.8) is 0 Å². The van der Waals surface area contributed by atoms with Gasteiger partial charge in [0.15, 0.2) is 0 Å². The van der Waals surface area contributed by atoms with Crippen LogP contribution in [0.2, 0.25) is 0 Å². The van der Waals surface area contributed by atoms with Crippen molar-refractivity contribution in [2.24, 2.45) is 16.8 Å². The Morgan fingerprint density at radius 1 is 1.80 bits per heavy atom. The predicted octanol–water partition coefficient (Wildman–Crippen LogP) is 1.03. The molecule has 0 radical (unpaired) electrons. The SMILES string of the molecule is CNC1=CC2C[C@H]2C(S)=N1. The van der Waals surface area contributed by atoms with Crippen molar-refractivity contribution in [2.75, 3.05) is 7.05 Å². The van der Waals surface area contributed by atoms with Gasteiger partial charge in [-0.25, -0.2) is 4.99 Å². The van der Waals surface area contributed by atoms with Crippen LogP contribution in [0.4, 0.5) is 0 Å². The van der Waals surface area contributed by atoms with Crippen LogP contribution in [-0.2, 0) is 0 Å². The third-order valence-electron chi connectivity index (χ3n) is 2.03. The Balaban J connectivity index is 2.23. The van der Waals surface area contributed by atoms with Gasteiger partial charge in [0.25, 0.3) is 0 Å². The van der Waals surface area contributed by atoms with Crippen molar-refractivity contribution >= 4 is 17.7 Å². The summed E-state index contributed by atoms with van der Waals surface area (Å²) in [6.07, 6.45) is 3.43. The van der Waals surface area contributed by atoms with Crippen LogP contribution in [0.5, 0.6) is 0 Å². The van der Waals surface area contributed by atoms with Crippen LogP contribution in [0.15, 0.2) is 16.9 Å². The van der Waals surface area contributed by atoms with Gasteiger partial charge in [-0.2, -0.15) is 0 Å². The van der Waals surface area contributed by atoms with Gasteiger partial charge in [-0.05, 0) is 18.4 Å². The number of nitrogens with zero attached hydrogens (tertiary/aromatic N) is 1. The fourth-order valence-electron chi connectivity index (χ4n) is 1.28. The van der Waals surface area contributed by atoms with E-state index in [1.807, 2.05) is 7.05 Å². The summed E-state index contributed by atoms with van der Waals surface area (Å²) >= 11 is 4.28. The summed E-state index contributed by atoms with van der Waals surface area (Å²) in [7, 11) is 1.89. The fourth-order valence-corrected chi connectivity index (χ4v) is 1.69. The Labute approximate surface area is 65.8 Å². The first-order chi connectivity index (χ1) is 4.81. The van der Waals surface area contributed by atoms with Gasteiger partial charge in [0.05, 0.1) is 5.04 Å². The van der Waals surface area contributed by atoms with Crippen LogP contribution in [-0.4, -0.2) is 12.1 Å². The smallest absolute Gasteiger partial charge is 0.122 e. The van der Waals surface area contributed by atoms with E-state index < -0.39 is 0 Å². The first-order valence-corrected chi connectivity index (χ1v) is 3.93. The molecule has 2 atom stereocenters. The Hall–Kier alpha value is -0.440. The lowest BCUT2D eigenvalue weighted by Crippen LogP contribution is -2.10. The van der Waals surface area contributed by atoms with Gasteiger partial charge < -0.3 is 5.32 Å². The molecule has 1 unspecified atom stereocenters. The summed E-state index contributed by atoms with van der Waals surface area (Å²) in [5.74, 6) is 2.36. The summed E-state index contributed by atoms with van der Waals surface area (Å²) in [4.78, 5) is 4.25. The molecule has 0 amide bonds. The van der Waals surface area contributed by atoms with E-state index in [9.17, 15) is 0 Å². The molecular weight excluding hydrogens is 144 g/mol. The molecule has 0 aromatic rings. The van der Waals surface area contributed by atoms with Crippen molar-refractivity contribution in [3.05, 3.63) is 11.9 Å². The quantitative estimate of drug-likeness (QED) is 0.542. The highest BCUT2D eigenvalue weighted by Gasteiger charge is 2.40. The molecule has 0 aromatic carbocycles. The number of thiol groups is 1. The van der Waals surface area contributed by atoms with Gasteiger partial charge in [-0.3, -0.25) is 0 Å². The number of hydrogen-bond donors (Lipinski definition) is 2. The number of allylic oxidation sites excluding steroid dienone is 1. The van der Waals surface area contributed by atoms with Crippen LogP contribution in [0.1, 0.15) is 6.42 Å². The molecule has 0 spiro atoms. The molecule has 3 heteroatoms. The second-order valence-corrected chi connectivity index (χ2v) is 3.24. The maximum atomic E-state index is 4.28. The van der Waals surface area contributed by atoms with E-state index in [4.69, 9.17) is 0 Å². The third-order valence-corrected chi connectivity index (χ3v) is 2.47. The van der Waals surface area contributed by atoms with E-state index in [2.05, 4.69) is 29.0 Å². The van der Waals surface area contributed by atoms with Crippen molar-refractivity contribution in [3.8, 4) is 0 Å². The minimum Gasteiger partial charge on any atom is -0.373 e. The van der Waals surface area contributed by atoms with Crippen LogP contribution in [0, 0.1) is 11.8 Å². The molecule has 2 aliphatic rings. The molecular formula is C7H10N2S. The van der Waals surface area contributed by atoms with Gasteiger partial charge >= 0.3 is 0 Å². The zero-order valence-electron chi connectivity index (χ0n) is 5.83. The summed E-state index contributed by atoms with van der Waals surface area (Å²) in [6.45, 7) is 0. The van der Waals surface area contributed by atoms with E-state index in [0.717, 1.165) is 16.8 Å². The van der Waals surface area contributed by atoms with E-state index >= 15 is 0 Å². The molecule has 1 N–H and O–H groups in total. The maximum absolute atomic E-state index is 4.28. The fraction of sp³-hybridized carbons (Fsp3) is 0.571. The average molecular weight is 154 g/mol. The molecule has 10 heavy (non-hydrogen) atoms. The lowest BCUT2D eigenvalue weighted by Gasteiger charge is -2.06. The van der Waals surface area contributed by atoms with Gasteiger partial charge in [0.2, 0.25) is 0 Å². The maximum Gasteiger partial charge on any atom is 0.122 e. The highest BCUT2D eigenvalue weighted by atomic mass is 32.1. The first-order valence-electron chi connectivity index (χ1n) is 3.48. The second kappa shape index (κ2) is 2.02. The van der Waals surface area contributed by atoms with Crippen LogP contribution in [0.25, 0.3) is 0 Å². The van der Waals surface area contributed by atoms with Crippen molar-refractivity contribution < 1.29 is 0 Å². The Morgan fingerprint density at radius 3 is 3.20 bits per heavy atom. The van der Waals surface area contributed by atoms with Crippen LogP contribution in [0.3, 0.4) is 0 Å². The molecule has 54 valence electrons. The molecule has 1 aliphatic heterocycles. The summed E-state index contributed by atoms with van der Waals surface area (Å²) < 4.78 is 0. The van der Waals surface area contributed by atoms with Crippen LogP contribution < -0.4 is 5.32 Å². The molecule has 1 aliphatic carbocycles. The minimum atomic E-state index is 0.653. The Bertz CT molecular complexity index is 220. The first kappa shape index (κ1) is 6.28. The number of rotatable bonds is 1. The highest BCUT2D eigenvalue weighted by Crippen LogP contribution is 2.44. The zero-order chi connectivity index (χ0) is 7.14. The molecule has 2 rings (SSSR count). The second-order valence-electron chi connectivity index (χ2n) is 2.78. The van der Waals surface area contributed by atoms with Gasteiger partial charge in [-0.15, -0.1) is 12.6 Å². The predicted molar refractivity (Wildman–Crippen MR) is 45.2 cm³/mol. The van der Waals surface area contributed by atoms with Crippen LogP contribution >= 0.6 is 12.6 Å².